The van der Waals surface area contributed by atoms with Gasteiger partial charge in [0.15, 0.2) is 0 Å². The van der Waals surface area contributed by atoms with Crippen LogP contribution in [0.3, 0.4) is 0 Å². The molecule has 3 N–H and O–H groups in total. The molecule has 0 aromatic rings. The van der Waals surface area contributed by atoms with Crippen LogP contribution in [0.25, 0.3) is 0 Å². The first-order valence-electron chi connectivity index (χ1n) is 15.4. The normalized spacial score (nSPS) is 26.8. The summed E-state index contributed by atoms with van der Waals surface area (Å²) in [5.74, 6) is 15.9. The third kappa shape index (κ3) is 10.3. The number of amides is 3. The average Bonchev–Trinajstić information content (AvgIpc) is 3.82. The number of hydrogen-bond donors (Lipinski definition) is 3. The first-order valence-corrected chi connectivity index (χ1v) is 15.4. The van der Waals surface area contributed by atoms with Gasteiger partial charge in [-0.15, -0.1) is 23.7 Å². The van der Waals surface area contributed by atoms with Crippen LogP contribution >= 0.6 is 0 Å². The van der Waals surface area contributed by atoms with E-state index in [0.717, 1.165) is 51.4 Å². The van der Waals surface area contributed by atoms with Crippen molar-refractivity contribution in [1.82, 2.24) is 15.5 Å². The number of nitrogens with one attached hydrogen (secondary N) is 2. The zero-order valence-corrected chi connectivity index (χ0v) is 24.4. The molecular formula is C31H45N3O8. The summed E-state index contributed by atoms with van der Waals surface area (Å²) >= 11 is 0. The van der Waals surface area contributed by atoms with Gasteiger partial charge in [0.05, 0.1) is 33.0 Å². The van der Waals surface area contributed by atoms with Crippen molar-refractivity contribution < 1.29 is 38.4 Å². The number of alkyl carbamates (subject to hydrolysis) is 2. The molecule has 2 unspecified atom stereocenters. The zero-order chi connectivity index (χ0) is 29.6. The van der Waals surface area contributed by atoms with Crippen LogP contribution in [0.2, 0.25) is 0 Å². The van der Waals surface area contributed by atoms with Gasteiger partial charge in [-0.1, -0.05) is 0 Å². The Balaban J connectivity index is 1.12. The standard InChI is InChI=1S/C31H45N3O8/c35-17-18-39-19-20-40-31(38)34(15-13-32-29(36)41-21-27-23-9-5-1-2-6-10-24(23)27)16-14-33-30(37)42-22-28-25-11-7-3-4-8-12-26(25)28/h23-28,35H,5-22H2,(H,32,36)(H,33,37)/t23-,24+,25-,26+,27?,28?. The van der Waals surface area contributed by atoms with E-state index in [9.17, 15) is 14.4 Å². The lowest BCUT2D eigenvalue weighted by Gasteiger charge is -2.22. The van der Waals surface area contributed by atoms with E-state index in [1.165, 1.54) is 4.90 Å². The highest BCUT2D eigenvalue weighted by Gasteiger charge is 2.50. The highest BCUT2D eigenvalue weighted by molar-refractivity contribution is 5.69. The molecule has 2 saturated carbocycles. The fraction of sp³-hybridized carbons (Fsp3) is 0.774. The highest BCUT2D eigenvalue weighted by Crippen LogP contribution is 2.53. The average molecular weight is 588 g/mol. The minimum atomic E-state index is -0.597. The van der Waals surface area contributed by atoms with E-state index in [2.05, 4.69) is 34.3 Å². The van der Waals surface area contributed by atoms with Gasteiger partial charge in [-0.05, 0) is 61.2 Å². The molecule has 0 saturated heterocycles. The van der Waals surface area contributed by atoms with Crippen molar-refractivity contribution in [2.24, 2.45) is 35.5 Å². The predicted molar refractivity (Wildman–Crippen MR) is 153 cm³/mol. The number of ether oxygens (including phenoxy) is 4. The Labute approximate surface area is 248 Å². The van der Waals surface area contributed by atoms with Gasteiger partial charge in [0.25, 0.3) is 0 Å². The van der Waals surface area contributed by atoms with Crippen molar-refractivity contribution in [2.45, 2.75) is 51.4 Å². The number of hydrogen-bond acceptors (Lipinski definition) is 8. The van der Waals surface area contributed by atoms with Crippen LogP contribution in [0.4, 0.5) is 14.4 Å². The highest BCUT2D eigenvalue weighted by atomic mass is 16.6. The molecule has 0 aromatic carbocycles. The maximum atomic E-state index is 12.7. The lowest BCUT2D eigenvalue weighted by Crippen LogP contribution is -2.43. The zero-order valence-electron chi connectivity index (χ0n) is 24.4. The number of aliphatic hydroxyl groups excluding tert-OH is 1. The van der Waals surface area contributed by atoms with Gasteiger partial charge in [-0.3, -0.25) is 0 Å². The lowest BCUT2D eigenvalue weighted by atomic mass is 10.1. The second kappa shape index (κ2) is 17.1. The topological polar surface area (TPSA) is 136 Å². The number of aliphatic hydroxyl groups is 1. The SMILES string of the molecule is O=C(NCCN(CCNC(=O)OCC1[C@H]2CCC#CCC[C@@H]12)C(=O)OCCOCCO)OCC1[C@H]2CCC#CCC[C@@H]12. The van der Waals surface area contributed by atoms with E-state index in [-0.39, 0.29) is 52.6 Å². The Morgan fingerprint density at radius 2 is 1.12 bits per heavy atom. The Bertz CT molecular complexity index is 927. The smallest absolute Gasteiger partial charge is 0.409 e. The number of nitrogens with zero attached hydrogens (tertiary/aromatic N) is 1. The number of fused-ring (bicyclic) bond motifs is 2. The molecule has 2 fully saturated rings. The van der Waals surface area contributed by atoms with Crippen molar-refractivity contribution in [2.75, 3.05) is 65.8 Å². The minimum Gasteiger partial charge on any atom is -0.449 e. The van der Waals surface area contributed by atoms with E-state index >= 15 is 0 Å². The summed E-state index contributed by atoms with van der Waals surface area (Å²) in [7, 11) is 0. The summed E-state index contributed by atoms with van der Waals surface area (Å²) in [4.78, 5) is 38.7. The van der Waals surface area contributed by atoms with Crippen LogP contribution in [0.5, 0.6) is 0 Å². The summed E-state index contributed by atoms with van der Waals surface area (Å²) in [6.45, 7) is 1.67. The molecule has 6 atom stereocenters. The summed E-state index contributed by atoms with van der Waals surface area (Å²) in [6, 6.07) is 0. The molecule has 232 valence electrons. The summed E-state index contributed by atoms with van der Waals surface area (Å²) in [5.41, 5.74) is 0. The lowest BCUT2D eigenvalue weighted by molar-refractivity contribution is 0.0416. The Morgan fingerprint density at radius 1 is 0.667 bits per heavy atom. The van der Waals surface area contributed by atoms with Crippen molar-refractivity contribution in [1.29, 1.82) is 0 Å². The molecule has 3 amide bonds. The maximum Gasteiger partial charge on any atom is 0.409 e. The Hall–Kier alpha value is -3.15. The molecule has 0 bridgehead atoms. The molecule has 0 spiro atoms. The number of carbonyl (C=O) groups is 3. The van der Waals surface area contributed by atoms with Gasteiger partial charge in [0.2, 0.25) is 0 Å². The van der Waals surface area contributed by atoms with E-state index in [1.807, 2.05) is 0 Å². The van der Waals surface area contributed by atoms with E-state index in [1.54, 1.807) is 0 Å². The quantitative estimate of drug-likeness (QED) is 0.151. The van der Waals surface area contributed by atoms with Crippen LogP contribution in [-0.2, 0) is 18.9 Å². The second-order valence-electron chi connectivity index (χ2n) is 11.3. The first kappa shape index (κ1) is 31.8. The molecule has 0 heterocycles. The van der Waals surface area contributed by atoms with Crippen LogP contribution in [0.1, 0.15) is 51.4 Å². The van der Waals surface area contributed by atoms with Gasteiger partial charge >= 0.3 is 18.3 Å². The molecule has 0 aliphatic heterocycles. The number of carbonyl (C=O) groups excluding carboxylic acids is 3. The van der Waals surface area contributed by atoms with Gasteiger partial charge in [0, 0.05) is 51.9 Å². The van der Waals surface area contributed by atoms with Gasteiger partial charge in [-0.25, -0.2) is 14.4 Å². The van der Waals surface area contributed by atoms with Gasteiger partial charge < -0.3 is 39.6 Å². The molecule has 11 nitrogen and oxygen atoms in total. The molecular weight excluding hydrogens is 542 g/mol. The minimum absolute atomic E-state index is 0.0177. The number of rotatable bonds is 15. The second-order valence-corrected chi connectivity index (χ2v) is 11.3. The third-order valence-electron chi connectivity index (χ3n) is 8.74. The van der Waals surface area contributed by atoms with E-state index in [0.29, 0.717) is 48.7 Å². The fourth-order valence-corrected chi connectivity index (χ4v) is 6.34. The van der Waals surface area contributed by atoms with Crippen molar-refractivity contribution in [3.8, 4) is 23.7 Å². The van der Waals surface area contributed by atoms with Gasteiger partial charge in [0.1, 0.15) is 6.61 Å². The van der Waals surface area contributed by atoms with Crippen molar-refractivity contribution in [3.63, 3.8) is 0 Å². The fourth-order valence-electron chi connectivity index (χ4n) is 6.34. The Kier molecular flexibility index (Phi) is 12.9. The summed E-state index contributed by atoms with van der Waals surface area (Å²) in [6.07, 6.45) is 6.26. The van der Waals surface area contributed by atoms with Crippen LogP contribution in [-0.4, -0.2) is 94.1 Å². The maximum absolute atomic E-state index is 12.7. The molecule has 4 aliphatic rings. The van der Waals surface area contributed by atoms with Crippen LogP contribution < -0.4 is 10.6 Å². The first-order chi connectivity index (χ1) is 20.6. The molecule has 0 aromatic heterocycles. The molecule has 11 heteroatoms. The van der Waals surface area contributed by atoms with Crippen LogP contribution in [0.15, 0.2) is 0 Å². The monoisotopic (exact) mass is 587 g/mol. The van der Waals surface area contributed by atoms with Crippen molar-refractivity contribution >= 4 is 18.3 Å². The van der Waals surface area contributed by atoms with Gasteiger partial charge in [-0.2, -0.15) is 0 Å². The Morgan fingerprint density at radius 3 is 1.55 bits per heavy atom. The summed E-state index contributed by atoms with van der Waals surface area (Å²) < 4.78 is 21.3. The van der Waals surface area contributed by atoms with Crippen LogP contribution in [0, 0.1) is 59.2 Å². The molecule has 4 aliphatic carbocycles. The van der Waals surface area contributed by atoms with Crippen molar-refractivity contribution in [3.05, 3.63) is 0 Å². The largest absolute Gasteiger partial charge is 0.449 e. The van der Waals surface area contributed by atoms with E-state index < -0.39 is 18.3 Å². The summed E-state index contributed by atoms with van der Waals surface area (Å²) in [5, 5.41) is 14.2. The molecule has 4 rings (SSSR count). The molecule has 42 heavy (non-hydrogen) atoms. The van der Waals surface area contributed by atoms with E-state index in [4.69, 9.17) is 24.1 Å². The predicted octanol–water partition coefficient (Wildman–Crippen LogP) is 2.77. The third-order valence-corrected chi connectivity index (χ3v) is 8.74. The molecule has 0 radical (unpaired) electrons.